The molecule has 1 nitrogen and oxygen atoms in total. The molecule has 1 rings (SSSR count). The highest BCUT2D eigenvalue weighted by molar-refractivity contribution is 8.13. The molecule has 0 N–H and O–H groups in total. The van der Waals surface area contributed by atoms with E-state index < -0.39 is 0 Å². The summed E-state index contributed by atoms with van der Waals surface area (Å²) in [4.78, 5) is 4.02. The average molecular weight is 136 g/mol. The Morgan fingerprint density at radius 1 is 1.86 bits per heavy atom. The molecule has 0 aliphatic carbocycles. The highest BCUT2D eigenvalue weighted by atomic mass is 35.5. The molecule has 7 heavy (non-hydrogen) atoms. The van der Waals surface area contributed by atoms with Crippen LogP contribution in [0.15, 0.2) is 4.99 Å². The van der Waals surface area contributed by atoms with Gasteiger partial charge in [0.15, 0.2) is 0 Å². The molecule has 1 aliphatic heterocycles. The van der Waals surface area contributed by atoms with Crippen LogP contribution in [0, 0.1) is 0 Å². The summed E-state index contributed by atoms with van der Waals surface area (Å²) in [5, 5.41) is 0. The minimum atomic E-state index is 0.181. The first-order valence-corrected chi connectivity index (χ1v) is 3.50. The van der Waals surface area contributed by atoms with Crippen LogP contribution in [0.2, 0.25) is 0 Å². The van der Waals surface area contributed by atoms with Crippen LogP contribution < -0.4 is 0 Å². The van der Waals surface area contributed by atoms with Gasteiger partial charge in [0.05, 0.1) is 11.6 Å². The Labute approximate surface area is 52.1 Å². The molecule has 1 heterocycles. The summed E-state index contributed by atoms with van der Waals surface area (Å²) in [7, 11) is 0. The Kier molecular flexibility index (Phi) is 1.60. The molecule has 0 saturated heterocycles. The first kappa shape index (κ1) is 5.45. The molecule has 0 aromatic heterocycles. The van der Waals surface area contributed by atoms with Gasteiger partial charge in [-0.3, -0.25) is 4.99 Å². The number of thioether (sulfide) groups is 1. The monoisotopic (exact) mass is 135 g/mol. The van der Waals surface area contributed by atoms with Gasteiger partial charge in [-0.25, -0.2) is 0 Å². The minimum Gasteiger partial charge on any atom is -0.281 e. The van der Waals surface area contributed by atoms with E-state index in [-0.39, 0.29) is 4.71 Å². The van der Waals surface area contributed by atoms with Crippen molar-refractivity contribution in [3.05, 3.63) is 0 Å². The largest absolute Gasteiger partial charge is 0.281 e. The third kappa shape index (κ3) is 1.10. The quantitative estimate of drug-likeness (QED) is 0.461. The van der Waals surface area contributed by atoms with E-state index in [4.69, 9.17) is 11.6 Å². The molecule has 0 amide bonds. The van der Waals surface area contributed by atoms with Crippen molar-refractivity contribution in [1.29, 1.82) is 0 Å². The second-order valence-electron chi connectivity index (χ2n) is 1.48. The molecule has 2 unspecified atom stereocenters. The number of rotatable bonds is 0. The Hall–Kier alpha value is 0.310. The molecule has 1 aliphatic rings. The van der Waals surface area contributed by atoms with Crippen molar-refractivity contribution in [3.8, 4) is 0 Å². The Morgan fingerprint density at radius 3 is 2.71 bits per heavy atom. The summed E-state index contributed by atoms with van der Waals surface area (Å²) in [6, 6.07) is 0.312. The number of alkyl halides is 1. The summed E-state index contributed by atoms with van der Waals surface area (Å²) in [6.45, 7) is 2.01. The topological polar surface area (TPSA) is 12.4 Å². The molecule has 0 saturated carbocycles. The first-order valence-electron chi connectivity index (χ1n) is 2.12. The van der Waals surface area contributed by atoms with Crippen molar-refractivity contribution in [2.75, 3.05) is 0 Å². The smallest absolute Gasteiger partial charge is 0.106 e. The summed E-state index contributed by atoms with van der Waals surface area (Å²) in [6.07, 6.45) is 0. The van der Waals surface area contributed by atoms with Gasteiger partial charge in [0.2, 0.25) is 0 Å². The van der Waals surface area contributed by atoms with E-state index >= 15 is 0 Å². The maximum atomic E-state index is 5.70. The molecule has 0 aromatic carbocycles. The minimum absolute atomic E-state index is 0.181. The summed E-state index contributed by atoms with van der Waals surface area (Å²) in [5.41, 5.74) is 1.81. The molecule has 0 aromatic rings. The lowest BCUT2D eigenvalue weighted by atomic mass is 10.4. The molecule has 3 heteroatoms. The van der Waals surface area contributed by atoms with E-state index in [1.807, 2.05) is 12.5 Å². The van der Waals surface area contributed by atoms with E-state index in [0.29, 0.717) is 6.04 Å². The van der Waals surface area contributed by atoms with Gasteiger partial charge >= 0.3 is 0 Å². The van der Waals surface area contributed by atoms with Crippen molar-refractivity contribution in [1.82, 2.24) is 0 Å². The van der Waals surface area contributed by atoms with Gasteiger partial charge in [-0.15, -0.1) is 11.6 Å². The molecule has 0 spiro atoms. The van der Waals surface area contributed by atoms with Gasteiger partial charge in [-0.2, -0.15) is 0 Å². The van der Waals surface area contributed by atoms with E-state index in [1.54, 1.807) is 11.8 Å². The van der Waals surface area contributed by atoms with Crippen LogP contribution in [-0.4, -0.2) is 16.3 Å². The first-order chi connectivity index (χ1) is 3.30. The number of nitrogens with zero attached hydrogens (tertiary/aromatic N) is 1. The highest BCUT2D eigenvalue weighted by Crippen LogP contribution is 2.24. The molecule has 2 atom stereocenters. The molecule has 0 fully saturated rings. The zero-order valence-electron chi connectivity index (χ0n) is 3.97. The fraction of sp³-hybridized carbons (Fsp3) is 0.750. The maximum Gasteiger partial charge on any atom is 0.106 e. The van der Waals surface area contributed by atoms with Crippen LogP contribution in [0.3, 0.4) is 0 Å². The average Bonchev–Trinajstić information content (AvgIpc) is 1.91. The third-order valence-electron chi connectivity index (χ3n) is 0.866. The second-order valence-corrected chi connectivity index (χ2v) is 3.20. The van der Waals surface area contributed by atoms with E-state index in [2.05, 4.69) is 4.99 Å². The van der Waals surface area contributed by atoms with Gasteiger partial charge in [0.25, 0.3) is 0 Å². The van der Waals surface area contributed by atoms with Crippen molar-refractivity contribution in [2.45, 2.75) is 17.7 Å². The summed E-state index contributed by atoms with van der Waals surface area (Å²) >= 11 is 7.28. The predicted octanol–water partition coefficient (Wildman–Crippen LogP) is 1.71. The zero-order valence-corrected chi connectivity index (χ0v) is 5.54. The van der Waals surface area contributed by atoms with Gasteiger partial charge in [-0.1, -0.05) is 11.8 Å². The predicted molar refractivity (Wildman–Crippen MR) is 35.2 cm³/mol. The number of halogens is 1. The van der Waals surface area contributed by atoms with Gasteiger partial charge in [-0.05, 0) is 6.92 Å². The lowest BCUT2D eigenvalue weighted by molar-refractivity contribution is 0.832. The molecule has 0 radical (unpaired) electrons. The van der Waals surface area contributed by atoms with Crippen molar-refractivity contribution in [2.24, 2.45) is 4.99 Å². The Bertz CT molecular complexity index is 93.7. The standard InChI is InChI=1S/C4H6ClNS/c1-3-4(5)7-2-6-3/h2-4H,1H3. The fourth-order valence-electron chi connectivity index (χ4n) is 0.371. The molecule has 40 valence electrons. The lowest BCUT2D eigenvalue weighted by Crippen LogP contribution is -2.03. The van der Waals surface area contributed by atoms with Crippen LogP contribution >= 0.6 is 23.4 Å². The second kappa shape index (κ2) is 2.05. The van der Waals surface area contributed by atoms with Gasteiger partial charge < -0.3 is 0 Å². The van der Waals surface area contributed by atoms with Crippen molar-refractivity contribution < 1.29 is 0 Å². The normalized spacial score (nSPS) is 39.7. The third-order valence-corrected chi connectivity index (χ3v) is 2.44. The van der Waals surface area contributed by atoms with Crippen molar-refractivity contribution in [3.63, 3.8) is 0 Å². The summed E-state index contributed by atoms with van der Waals surface area (Å²) in [5.74, 6) is 0. The van der Waals surface area contributed by atoms with Crippen LogP contribution in [-0.2, 0) is 0 Å². The fourth-order valence-corrected chi connectivity index (χ4v) is 1.25. The summed E-state index contributed by atoms with van der Waals surface area (Å²) < 4.78 is 0.181. The van der Waals surface area contributed by atoms with E-state index in [1.165, 1.54) is 0 Å². The van der Waals surface area contributed by atoms with Crippen LogP contribution in [0.1, 0.15) is 6.92 Å². The number of hydrogen-bond donors (Lipinski definition) is 0. The zero-order chi connectivity index (χ0) is 5.28. The Balaban J connectivity index is 2.45. The van der Waals surface area contributed by atoms with Crippen LogP contribution in [0.4, 0.5) is 0 Å². The van der Waals surface area contributed by atoms with Crippen LogP contribution in [0.25, 0.3) is 0 Å². The maximum absolute atomic E-state index is 5.70. The molecular formula is C4H6ClNS. The van der Waals surface area contributed by atoms with Crippen molar-refractivity contribution >= 4 is 28.9 Å². The Morgan fingerprint density at radius 2 is 2.57 bits per heavy atom. The van der Waals surface area contributed by atoms with Gasteiger partial charge in [0.1, 0.15) is 4.71 Å². The van der Waals surface area contributed by atoms with E-state index in [0.717, 1.165) is 0 Å². The number of hydrogen-bond acceptors (Lipinski definition) is 2. The van der Waals surface area contributed by atoms with E-state index in [9.17, 15) is 0 Å². The highest BCUT2D eigenvalue weighted by Gasteiger charge is 2.16. The number of aliphatic imine (C=N–C) groups is 1. The van der Waals surface area contributed by atoms with Crippen LogP contribution in [0.5, 0.6) is 0 Å². The SMILES string of the molecule is CC1N=CSC1Cl. The van der Waals surface area contributed by atoms with Gasteiger partial charge in [0, 0.05) is 0 Å². The lowest BCUT2D eigenvalue weighted by Gasteiger charge is -1.99. The molecule has 0 bridgehead atoms. The molecular weight excluding hydrogens is 130 g/mol.